The molecule has 0 amide bonds. The predicted molar refractivity (Wildman–Crippen MR) is 68.9 cm³/mol. The fraction of sp³-hybridized carbons (Fsp3) is 0.333. The van der Waals surface area contributed by atoms with E-state index in [9.17, 15) is 8.42 Å². The number of nitrogens with zero attached hydrogens (tertiary/aromatic N) is 3. The molecule has 0 saturated heterocycles. The Morgan fingerprint density at radius 2 is 2.28 bits per heavy atom. The number of primary sulfonamides is 1. The van der Waals surface area contributed by atoms with Gasteiger partial charge in [-0.05, 0) is 12.5 Å². The lowest BCUT2D eigenvalue weighted by molar-refractivity contribution is 0.599. The molecule has 9 heteroatoms. The van der Waals surface area contributed by atoms with Crippen LogP contribution in [0.4, 0.5) is 5.13 Å². The Hall–Kier alpha value is -1.45. The van der Waals surface area contributed by atoms with Crippen LogP contribution in [0.15, 0.2) is 22.8 Å². The van der Waals surface area contributed by atoms with E-state index in [0.717, 1.165) is 16.9 Å². The average Bonchev–Trinajstić information content (AvgIpc) is 2.87. The Morgan fingerprint density at radius 1 is 1.50 bits per heavy atom. The Balaban J connectivity index is 1.89. The van der Waals surface area contributed by atoms with Crippen LogP contribution in [0.25, 0.3) is 0 Å². The molecule has 0 fully saturated rings. The summed E-state index contributed by atoms with van der Waals surface area (Å²) in [6.07, 6.45) is 4.96. The minimum Gasteiger partial charge on any atom is -0.360 e. The second kappa shape index (κ2) is 5.04. The van der Waals surface area contributed by atoms with E-state index in [2.05, 4.69) is 15.4 Å². The number of nitrogens with one attached hydrogen (secondary N) is 1. The number of nitrogens with two attached hydrogens (primary N) is 1. The number of rotatable bonds is 5. The van der Waals surface area contributed by atoms with Gasteiger partial charge in [0.25, 0.3) is 0 Å². The lowest BCUT2D eigenvalue weighted by Gasteiger charge is -2.02. The third kappa shape index (κ3) is 3.28. The molecule has 0 atom stereocenters. The van der Waals surface area contributed by atoms with Gasteiger partial charge in [-0.2, -0.15) is 5.10 Å². The van der Waals surface area contributed by atoms with Gasteiger partial charge >= 0.3 is 0 Å². The van der Waals surface area contributed by atoms with E-state index in [4.69, 9.17) is 5.14 Å². The minimum absolute atomic E-state index is 0.0555. The van der Waals surface area contributed by atoms with Crippen molar-refractivity contribution in [3.63, 3.8) is 0 Å². The second-order valence-corrected chi connectivity index (χ2v) is 6.56. The molecule has 0 unspecified atom stereocenters. The second-order valence-electron chi connectivity index (χ2n) is 3.74. The van der Waals surface area contributed by atoms with Crippen LogP contribution < -0.4 is 10.5 Å². The lowest BCUT2D eigenvalue weighted by Crippen LogP contribution is -2.10. The van der Waals surface area contributed by atoms with E-state index >= 15 is 0 Å². The summed E-state index contributed by atoms with van der Waals surface area (Å²) in [6.45, 7) is 3.26. The summed E-state index contributed by atoms with van der Waals surface area (Å²) in [5, 5.41) is 12.7. The first-order valence-electron chi connectivity index (χ1n) is 5.17. The number of aromatic nitrogens is 3. The van der Waals surface area contributed by atoms with Crippen molar-refractivity contribution >= 4 is 26.5 Å². The summed E-state index contributed by atoms with van der Waals surface area (Å²) in [5.41, 5.74) is 1.10. The standard InChI is InChI=1S/C9H13N5O2S2/c1-7-4-13-14(6-7)3-2-11-9-12-5-8(17-9)18(10,15)16/h4-6H,2-3H2,1H3,(H,11,12)(H2,10,15,16). The number of hydrogen-bond donors (Lipinski definition) is 2. The zero-order valence-electron chi connectivity index (χ0n) is 9.70. The molecule has 98 valence electrons. The van der Waals surface area contributed by atoms with E-state index < -0.39 is 10.0 Å². The first-order valence-corrected chi connectivity index (χ1v) is 7.53. The van der Waals surface area contributed by atoms with Crippen molar-refractivity contribution < 1.29 is 8.42 Å². The highest BCUT2D eigenvalue weighted by Crippen LogP contribution is 2.21. The van der Waals surface area contributed by atoms with Gasteiger partial charge in [0, 0.05) is 12.7 Å². The molecule has 2 aromatic heterocycles. The van der Waals surface area contributed by atoms with Gasteiger partial charge in [0.1, 0.15) is 0 Å². The molecule has 0 aliphatic heterocycles. The average molecular weight is 287 g/mol. The molecule has 0 aromatic carbocycles. The zero-order chi connectivity index (χ0) is 13.2. The molecule has 2 aromatic rings. The van der Waals surface area contributed by atoms with Gasteiger partial charge in [-0.25, -0.2) is 18.5 Å². The Labute approximate surface area is 109 Å². The molecule has 2 rings (SSSR count). The fourth-order valence-electron chi connectivity index (χ4n) is 1.34. The SMILES string of the molecule is Cc1cnn(CCNc2ncc(S(N)(=O)=O)s2)c1. The van der Waals surface area contributed by atoms with Crippen LogP contribution >= 0.6 is 11.3 Å². The Kier molecular flexibility index (Phi) is 3.64. The molecular weight excluding hydrogens is 274 g/mol. The normalized spacial score (nSPS) is 11.7. The summed E-state index contributed by atoms with van der Waals surface area (Å²) in [4.78, 5) is 3.94. The van der Waals surface area contributed by atoms with Crippen LogP contribution in [0.2, 0.25) is 0 Å². The number of sulfonamides is 1. The maximum Gasteiger partial charge on any atom is 0.249 e. The smallest absolute Gasteiger partial charge is 0.249 e. The van der Waals surface area contributed by atoms with Crippen molar-refractivity contribution in [1.82, 2.24) is 14.8 Å². The van der Waals surface area contributed by atoms with Gasteiger partial charge in [0.15, 0.2) is 9.34 Å². The molecule has 0 radical (unpaired) electrons. The molecular formula is C9H13N5O2S2. The van der Waals surface area contributed by atoms with Gasteiger partial charge in [0.05, 0.1) is 18.9 Å². The first-order chi connectivity index (χ1) is 8.45. The van der Waals surface area contributed by atoms with Crippen molar-refractivity contribution in [3.05, 3.63) is 24.2 Å². The summed E-state index contributed by atoms with van der Waals surface area (Å²) in [6, 6.07) is 0. The number of anilines is 1. The largest absolute Gasteiger partial charge is 0.360 e. The summed E-state index contributed by atoms with van der Waals surface area (Å²) >= 11 is 1.02. The number of hydrogen-bond acceptors (Lipinski definition) is 6. The topological polar surface area (TPSA) is 103 Å². The highest BCUT2D eigenvalue weighted by molar-refractivity contribution is 7.91. The van der Waals surface area contributed by atoms with Crippen molar-refractivity contribution in [2.24, 2.45) is 5.14 Å². The maximum absolute atomic E-state index is 11.1. The Morgan fingerprint density at radius 3 is 2.83 bits per heavy atom. The van der Waals surface area contributed by atoms with Gasteiger partial charge in [-0.15, -0.1) is 0 Å². The molecule has 18 heavy (non-hydrogen) atoms. The molecule has 0 aliphatic carbocycles. The van der Waals surface area contributed by atoms with Crippen LogP contribution in [-0.4, -0.2) is 29.7 Å². The van der Waals surface area contributed by atoms with Crippen LogP contribution in [0.5, 0.6) is 0 Å². The van der Waals surface area contributed by atoms with Crippen LogP contribution in [0, 0.1) is 6.92 Å². The third-order valence-electron chi connectivity index (χ3n) is 2.14. The fourth-order valence-corrected chi connectivity index (χ4v) is 2.82. The quantitative estimate of drug-likeness (QED) is 0.829. The molecule has 2 heterocycles. The van der Waals surface area contributed by atoms with E-state index in [1.807, 2.05) is 13.1 Å². The van der Waals surface area contributed by atoms with Crippen molar-refractivity contribution in [2.45, 2.75) is 17.7 Å². The molecule has 0 bridgehead atoms. The van der Waals surface area contributed by atoms with E-state index in [1.54, 1.807) is 10.9 Å². The first kappa shape index (κ1) is 13.0. The third-order valence-corrected chi connectivity index (χ3v) is 4.51. The van der Waals surface area contributed by atoms with Crippen LogP contribution in [0.3, 0.4) is 0 Å². The zero-order valence-corrected chi connectivity index (χ0v) is 11.3. The maximum atomic E-state index is 11.1. The number of thiazole rings is 1. The lowest BCUT2D eigenvalue weighted by atomic mass is 10.4. The van der Waals surface area contributed by atoms with E-state index in [0.29, 0.717) is 18.2 Å². The Bertz CT molecular complexity index is 631. The van der Waals surface area contributed by atoms with E-state index in [-0.39, 0.29) is 4.21 Å². The van der Waals surface area contributed by atoms with Gasteiger partial charge in [-0.3, -0.25) is 4.68 Å². The van der Waals surface area contributed by atoms with Gasteiger partial charge in [-0.1, -0.05) is 11.3 Å². The monoisotopic (exact) mass is 287 g/mol. The predicted octanol–water partition coefficient (Wildman–Crippen LogP) is 0.408. The van der Waals surface area contributed by atoms with E-state index in [1.165, 1.54) is 6.20 Å². The molecule has 7 nitrogen and oxygen atoms in total. The highest BCUT2D eigenvalue weighted by Gasteiger charge is 2.12. The summed E-state index contributed by atoms with van der Waals surface area (Å²) in [5.74, 6) is 0. The van der Waals surface area contributed by atoms with Crippen LogP contribution in [-0.2, 0) is 16.6 Å². The van der Waals surface area contributed by atoms with Gasteiger partial charge in [0.2, 0.25) is 10.0 Å². The highest BCUT2D eigenvalue weighted by atomic mass is 32.2. The molecule has 0 aliphatic rings. The molecule has 0 spiro atoms. The van der Waals surface area contributed by atoms with Gasteiger partial charge < -0.3 is 5.32 Å². The minimum atomic E-state index is -3.66. The van der Waals surface area contributed by atoms with Crippen LogP contribution in [0.1, 0.15) is 5.56 Å². The van der Waals surface area contributed by atoms with Crippen molar-refractivity contribution in [1.29, 1.82) is 0 Å². The molecule has 3 N–H and O–H groups in total. The van der Waals surface area contributed by atoms with Crippen molar-refractivity contribution in [2.75, 3.05) is 11.9 Å². The number of aryl methyl sites for hydroxylation is 1. The summed E-state index contributed by atoms with van der Waals surface area (Å²) in [7, 11) is -3.66. The molecule has 0 saturated carbocycles. The summed E-state index contributed by atoms with van der Waals surface area (Å²) < 4.78 is 24.0. The van der Waals surface area contributed by atoms with Crippen molar-refractivity contribution in [3.8, 4) is 0 Å².